The lowest BCUT2D eigenvalue weighted by atomic mass is 9.94. The first kappa shape index (κ1) is 24.9. The van der Waals surface area contributed by atoms with Crippen LogP contribution in [0.3, 0.4) is 0 Å². The summed E-state index contributed by atoms with van der Waals surface area (Å²) in [7, 11) is -1.83. The molecule has 188 valence electrons. The van der Waals surface area contributed by atoms with E-state index in [9.17, 15) is 23.3 Å². The van der Waals surface area contributed by atoms with Crippen LogP contribution in [-0.2, 0) is 15.0 Å². The fourth-order valence-electron chi connectivity index (χ4n) is 5.47. The van der Waals surface area contributed by atoms with Crippen LogP contribution < -0.4 is 4.90 Å². The first-order valence-corrected chi connectivity index (χ1v) is 13.7. The van der Waals surface area contributed by atoms with Crippen molar-refractivity contribution >= 4 is 27.5 Å². The maximum Gasteiger partial charge on any atom is 0.292 e. The molecule has 2 heterocycles. The number of para-hydroxylation sites is 2. The number of carbonyl (C=O) groups excluding carboxylic acids is 1. The van der Waals surface area contributed by atoms with Crippen LogP contribution >= 0.6 is 0 Å². The number of anilines is 1. The van der Waals surface area contributed by atoms with Crippen molar-refractivity contribution in [2.75, 3.05) is 51.2 Å². The van der Waals surface area contributed by atoms with Crippen molar-refractivity contribution in [3.05, 3.63) is 34.4 Å². The highest BCUT2D eigenvalue weighted by Crippen LogP contribution is 2.32. The van der Waals surface area contributed by atoms with Gasteiger partial charge in [0, 0.05) is 64.3 Å². The van der Waals surface area contributed by atoms with Gasteiger partial charge in [-0.1, -0.05) is 31.4 Å². The molecule has 1 aromatic rings. The van der Waals surface area contributed by atoms with Gasteiger partial charge in [-0.25, -0.2) is 0 Å². The molecule has 4 rings (SSSR count). The molecule has 1 aromatic carbocycles. The van der Waals surface area contributed by atoms with Gasteiger partial charge in [-0.05, 0) is 31.7 Å². The van der Waals surface area contributed by atoms with E-state index in [0.29, 0.717) is 57.8 Å². The molecule has 11 heteroatoms. The largest absolute Gasteiger partial charge is 0.366 e. The molecule has 2 aliphatic heterocycles. The number of nitro groups is 1. The predicted molar refractivity (Wildman–Crippen MR) is 130 cm³/mol. The lowest BCUT2D eigenvalue weighted by molar-refractivity contribution is -0.384. The SMILES string of the molecule is CN(C1CCCCC1)S(=O)(=O)N1CCN(C(=O)C2CCN(c3ccccc3[N+](=O)[O-])CC2)CC1. The number of amides is 1. The Labute approximate surface area is 201 Å². The van der Waals surface area contributed by atoms with Crippen LogP contribution in [0.25, 0.3) is 0 Å². The number of piperazine rings is 1. The van der Waals surface area contributed by atoms with E-state index < -0.39 is 10.2 Å². The summed E-state index contributed by atoms with van der Waals surface area (Å²) in [4.78, 5) is 27.9. The van der Waals surface area contributed by atoms with Gasteiger partial charge in [-0.3, -0.25) is 14.9 Å². The van der Waals surface area contributed by atoms with Crippen molar-refractivity contribution in [2.45, 2.75) is 51.0 Å². The second kappa shape index (κ2) is 10.6. The molecule has 1 aliphatic carbocycles. The van der Waals surface area contributed by atoms with Crippen LogP contribution in [-0.4, -0.2) is 85.1 Å². The average Bonchev–Trinajstić information content (AvgIpc) is 2.88. The zero-order chi connectivity index (χ0) is 24.3. The number of piperidine rings is 1. The number of carbonyl (C=O) groups is 1. The molecule has 10 nitrogen and oxygen atoms in total. The van der Waals surface area contributed by atoms with Crippen molar-refractivity contribution in [2.24, 2.45) is 5.92 Å². The minimum absolute atomic E-state index is 0.0693. The Kier molecular flexibility index (Phi) is 7.73. The summed E-state index contributed by atoms with van der Waals surface area (Å²) < 4.78 is 29.3. The van der Waals surface area contributed by atoms with E-state index in [-0.39, 0.29) is 28.5 Å². The van der Waals surface area contributed by atoms with E-state index in [1.165, 1.54) is 16.8 Å². The second-order valence-electron chi connectivity index (χ2n) is 9.55. The van der Waals surface area contributed by atoms with Gasteiger partial charge in [0.25, 0.3) is 15.9 Å². The van der Waals surface area contributed by atoms with Gasteiger partial charge in [0.15, 0.2) is 0 Å². The van der Waals surface area contributed by atoms with E-state index in [0.717, 1.165) is 25.7 Å². The highest BCUT2D eigenvalue weighted by Gasteiger charge is 2.37. The Morgan fingerprint density at radius 1 is 0.971 bits per heavy atom. The molecule has 0 N–H and O–H groups in total. The summed E-state index contributed by atoms with van der Waals surface area (Å²) in [5.74, 6) is -0.0630. The van der Waals surface area contributed by atoms with E-state index in [4.69, 9.17) is 0 Å². The van der Waals surface area contributed by atoms with Gasteiger partial charge in [-0.15, -0.1) is 0 Å². The van der Waals surface area contributed by atoms with Gasteiger partial charge in [0.1, 0.15) is 5.69 Å². The van der Waals surface area contributed by atoms with Crippen molar-refractivity contribution in [1.82, 2.24) is 13.5 Å². The fraction of sp³-hybridized carbons (Fsp3) is 0.696. The number of nitro benzene ring substituents is 1. The van der Waals surface area contributed by atoms with Crippen molar-refractivity contribution in [1.29, 1.82) is 0 Å². The standard InChI is InChI=1S/C23H35N5O5S/c1-24(20-7-3-2-4-8-20)34(32,33)27-17-15-26(16-18-27)23(29)19-11-13-25(14-12-19)21-9-5-6-10-22(21)28(30)31/h5-6,9-10,19-20H,2-4,7-8,11-18H2,1H3. The van der Waals surface area contributed by atoms with Crippen molar-refractivity contribution in [3.63, 3.8) is 0 Å². The van der Waals surface area contributed by atoms with Gasteiger partial charge < -0.3 is 9.80 Å². The summed E-state index contributed by atoms with van der Waals surface area (Å²) in [6.07, 6.45) is 6.42. The molecule has 1 saturated carbocycles. The molecule has 0 bridgehead atoms. The topological polar surface area (TPSA) is 107 Å². The molecule has 0 radical (unpaired) electrons. The van der Waals surface area contributed by atoms with Crippen molar-refractivity contribution < 1.29 is 18.1 Å². The van der Waals surface area contributed by atoms with Gasteiger partial charge in [0.2, 0.25) is 5.91 Å². The van der Waals surface area contributed by atoms with Crippen molar-refractivity contribution in [3.8, 4) is 0 Å². The third kappa shape index (κ3) is 5.21. The van der Waals surface area contributed by atoms with Crippen LogP contribution in [0, 0.1) is 16.0 Å². The molecule has 34 heavy (non-hydrogen) atoms. The molecule has 3 aliphatic rings. The average molecular weight is 494 g/mol. The molecular formula is C23H35N5O5S. The first-order valence-electron chi connectivity index (χ1n) is 12.3. The Balaban J connectivity index is 1.29. The van der Waals surface area contributed by atoms with Crippen LogP contribution in [0.5, 0.6) is 0 Å². The maximum atomic E-state index is 13.1. The van der Waals surface area contributed by atoms with E-state index >= 15 is 0 Å². The highest BCUT2D eigenvalue weighted by molar-refractivity contribution is 7.86. The number of benzene rings is 1. The van der Waals surface area contributed by atoms with Gasteiger partial charge >= 0.3 is 0 Å². The summed E-state index contributed by atoms with van der Waals surface area (Å²) in [6, 6.07) is 6.78. The molecule has 3 fully saturated rings. The summed E-state index contributed by atoms with van der Waals surface area (Å²) >= 11 is 0. The normalized spacial score (nSPS) is 21.7. The Hall–Kier alpha value is -2.24. The highest BCUT2D eigenvalue weighted by atomic mass is 32.2. The molecule has 0 aromatic heterocycles. The summed E-state index contributed by atoms with van der Waals surface area (Å²) in [5, 5.41) is 11.3. The molecule has 1 amide bonds. The fourth-order valence-corrected chi connectivity index (χ4v) is 7.04. The van der Waals surface area contributed by atoms with E-state index in [1.54, 1.807) is 34.5 Å². The number of rotatable bonds is 6. The maximum absolute atomic E-state index is 13.1. The zero-order valence-electron chi connectivity index (χ0n) is 19.8. The monoisotopic (exact) mass is 493 g/mol. The van der Waals surface area contributed by atoms with E-state index in [1.807, 2.05) is 4.90 Å². The molecule has 2 saturated heterocycles. The predicted octanol–water partition coefficient (Wildman–Crippen LogP) is 2.46. The quantitative estimate of drug-likeness (QED) is 0.445. The van der Waals surface area contributed by atoms with Crippen LogP contribution in [0.1, 0.15) is 44.9 Å². The van der Waals surface area contributed by atoms with Crippen LogP contribution in [0.2, 0.25) is 0 Å². The third-order valence-electron chi connectivity index (χ3n) is 7.59. The van der Waals surface area contributed by atoms with E-state index in [2.05, 4.69) is 0 Å². The zero-order valence-corrected chi connectivity index (χ0v) is 20.7. The Morgan fingerprint density at radius 2 is 1.59 bits per heavy atom. The minimum Gasteiger partial charge on any atom is -0.366 e. The van der Waals surface area contributed by atoms with Crippen LogP contribution in [0.4, 0.5) is 11.4 Å². The number of hydrogen-bond donors (Lipinski definition) is 0. The smallest absolute Gasteiger partial charge is 0.292 e. The lowest BCUT2D eigenvalue weighted by Gasteiger charge is -2.40. The van der Waals surface area contributed by atoms with Gasteiger partial charge in [0.05, 0.1) is 4.92 Å². The number of hydrogen-bond acceptors (Lipinski definition) is 6. The van der Waals surface area contributed by atoms with Gasteiger partial charge in [-0.2, -0.15) is 17.0 Å². The third-order valence-corrected chi connectivity index (χ3v) is 9.64. The Morgan fingerprint density at radius 3 is 2.21 bits per heavy atom. The summed E-state index contributed by atoms with van der Waals surface area (Å²) in [5.41, 5.74) is 0.683. The molecular weight excluding hydrogens is 458 g/mol. The molecule has 0 unspecified atom stereocenters. The first-order chi connectivity index (χ1) is 16.3. The number of nitrogens with zero attached hydrogens (tertiary/aromatic N) is 5. The van der Waals surface area contributed by atoms with Crippen LogP contribution in [0.15, 0.2) is 24.3 Å². The Bertz CT molecular complexity index is 981. The minimum atomic E-state index is -3.52. The summed E-state index contributed by atoms with van der Waals surface area (Å²) in [6.45, 7) is 2.62. The second-order valence-corrected chi connectivity index (χ2v) is 11.5. The molecule has 0 spiro atoms. The lowest BCUT2D eigenvalue weighted by Crippen LogP contribution is -2.56. The molecule has 0 atom stereocenters.